The van der Waals surface area contributed by atoms with Gasteiger partial charge in [0.25, 0.3) is 5.91 Å². The monoisotopic (exact) mass is 276 g/mol. The highest BCUT2D eigenvalue weighted by molar-refractivity contribution is 5.96. The van der Waals surface area contributed by atoms with Crippen molar-refractivity contribution in [1.82, 2.24) is 10.2 Å². The van der Waals surface area contributed by atoms with E-state index in [1.165, 1.54) is 10.5 Å². The van der Waals surface area contributed by atoms with E-state index in [-0.39, 0.29) is 12.5 Å². The summed E-state index contributed by atoms with van der Waals surface area (Å²) in [6.07, 6.45) is 0. The zero-order valence-electron chi connectivity index (χ0n) is 12.1. The Morgan fingerprint density at radius 2 is 1.90 bits per heavy atom. The fourth-order valence-electron chi connectivity index (χ4n) is 2.33. The van der Waals surface area contributed by atoms with Gasteiger partial charge in [-0.15, -0.1) is 0 Å². The lowest BCUT2D eigenvalue weighted by molar-refractivity contribution is -0.138. The molecule has 1 aromatic carbocycles. The minimum atomic E-state index is -1.00. The van der Waals surface area contributed by atoms with Crippen molar-refractivity contribution in [3.05, 3.63) is 34.9 Å². The van der Waals surface area contributed by atoms with Gasteiger partial charge >= 0.3 is 5.97 Å². The van der Waals surface area contributed by atoms with Crippen LogP contribution in [0.2, 0.25) is 0 Å². The van der Waals surface area contributed by atoms with Gasteiger partial charge in [0.1, 0.15) is 6.54 Å². The van der Waals surface area contributed by atoms with Gasteiger partial charge < -0.3 is 15.3 Å². The Bertz CT molecular complexity index is 547. The maximum atomic E-state index is 12.6. The van der Waals surface area contributed by atoms with E-state index in [9.17, 15) is 9.59 Å². The van der Waals surface area contributed by atoms with Crippen LogP contribution in [0.3, 0.4) is 0 Å². The van der Waals surface area contributed by atoms with Crippen LogP contribution in [0.15, 0.2) is 18.2 Å². The van der Waals surface area contributed by atoms with Crippen LogP contribution in [0.5, 0.6) is 0 Å². The molecule has 0 saturated heterocycles. The number of amides is 1. The number of rotatable bonds is 3. The van der Waals surface area contributed by atoms with Gasteiger partial charge in [0.2, 0.25) is 0 Å². The Morgan fingerprint density at radius 3 is 2.50 bits per heavy atom. The fraction of sp³-hybridized carbons (Fsp3) is 0.467. The maximum Gasteiger partial charge on any atom is 0.323 e. The van der Waals surface area contributed by atoms with Crippen molar-refractivity contribution < 1.29 is 14.7 Å². The Labute approximate surface area is 118 Å². The molecule has 0 aromatic heterocycles. The van der Waals surface area contributed by atoms with Gasteiger partial charge in [-0.05, 0) is 44.0 Å². The second kappa shape index (κ2) is 5.25. The highest BCUT2D eigenvalue weighted by atomic mass is 16.4. The van der Waals surface area contributed by atoms with Gasteiger partial charge in [-0.25, -0.2) is 0 Å². The lowest BCUT2D eigenvalue weighted by Crippen LogP contribution is -2.48. The Kier molecular flexibility index (Phi) is 3.81. The summed E-state index contributed by atoms with van der Waals surface area (Å²) in [6.45, 7) is 6.79. The minimum absolute atomic E-state index is 0.241. The molecule has 0 unspecified atom stereocenters. The fourth-order valence-corrected chi connectivity index (χ4v) is 2.33. The number of benzene rings is 1. The summed E-state index contributed by atoms with van der Waals surface area (Å²) in [6, 6.07) is 5.57. The van der Waals surface area contributed by atoms with Crippen LogP contribution in [-0.4, -0.2) is 34.0 Å². The summed E-state index contributed by atoms with van der Waals surface area (Å²) < 4.78 is 0. The molecule has 20 heavy (non-hydrogen) atoms. The molecule has 0 spiro atoms. The molecule has 0 atom stereocenters. The van der Waals surface area contributed by atoms with Crippen LogP contribution in [0.4, 0.5) is 0 Å². The van der Waals surface area contributed by atoms with Crippen LogP contribution in [0.1, 0.15) is 42.3 Å². The molecule has 5 nitrogen and oxygen atoms in total. The highest BCUT2D eigenvalue weighted by Crippen LogP contribution is 2.21. The van der Waals surface area contributed by atoms with Crippen molar-refractivity contribution in [2.24, 2.45) is 0 Å². The molecule has 1 aliphatic rings. The first-order chi connectivity index (χ1) is 9.29. The molecule has 0 aliphatic carbocycles. The molecule has 0 bridgehead atoms. The third-order valence-electron chi connectivity index (χ3n) is 3.43. The Morgan fingerprint density at radius 1 is 1.25 bits per heavy atom. The molecule has 1 aromatic rings. The number of hydrogen-bond acceptors (Lipinski definition) is 3. The normalized spacial score (nSPS) is 13.9. The second-order valence-electron chi connectivity index (χ2n) is 6.04. The molecule has 2 N–H and O–H groups in total. The van der Waals surface area contributed by atoms with Crippen molar-refractivity contribution in [2.45, 2.75) is 39.4 Å². The van der Waals surface area contributed by atoms with Crippen LogP contribution >= 0.6 is 0 Å². The first-order valence-corrected chi connectivity index (χ1v) is 6.65. The van der Waals surface area contributed by atoms with E-state index >= 15 is 0 Å². The van der Waals surface area contributed by atoms with Crippen molar-refractivity contribution >= 4 is 11.9 Å². The van der Waals surface area contributed by atoms with Crippen molar-refractivity contribution in [3.63, 3.8) is 0 Å². The number of carbonyl (C=O) groups excluding carboxylic acids is 1. The lowest BCUT2D eigenvalue weighted by Gasteiger charge is -2.34. The zero-order valence-corrected chi connectivity index (χ0v) is 12.1. The highest BCUT2D eigenvalue weighted by Gasteiger charge is 2.29. The molecule has 2 rings (SSSR count). The predicted molar refractivity (Wildman–Crippen MR) is 75.4 cm³/mol. The Hall–Kier alpha value is -1.88. The van der Waals surface area contributed by atoms with Crippen molar-refractivity contribution in [2.75, 3.05) is 6.54 Å². The first-order valence-electron chi connectivity index (χ1n) is 6.65. The zero-order chi connectivity index (χ0) is 14.9. The van der Waals surface area contributed by atoms with E-state index in [1.54, 1.807) is 6.07 Å². The number of nitrogens with one attached hydrogen (secondary N) is 1. The van der Waals surface area contributed by atoms with Crippen LogP contribution in [0, 0.1) is 0 Å². The standard InChI is InChI=1S/C15H20N2O3/c1-15(2,3)17(9-13(18)19)14(20)10-4-5-11-7-16-8-12(11)6-10/h4-6,16H,7-9H2,1-3H3,(H,18,19). The van der Waals surface area contributed by atoms with Gasteiger partial charge in [0.15, 0.2) is 0 Å². The maximum absolute atomic E-state index is 12.6. The Balaban J connectivity index is 2.30. The van der Waals surface area contributed by atoms with Gasteiger partial charge in [-0.2, -0.15) is 0 Å². The molecular formula is C15H20N2O3. The lowest BCUT2D eigenvalue weighted by atomic mass is 10.0. The molecule has 5 heteroatoms. The van der Waals surface area contributed by atoms with Gasteiger partial charge in [-0.1, -0.05) is 6.07 Å². The third kappa shape index (κ3) is 2.99. The number of carboxylic acids is 1. The van der Waals surface area contributed by atoms with Gasteiger partial charge in [0.05, 0.1) is 0 Å². The van der Waals surface area contributed by atoms with E-state index < -0.39 is 11.5 Å². The van der Waals surface area contributed by atoms with Gasteiger partial charge in [-0.3, -0.25) is 9.59 Å². The quantitative estimate of drug-likeness (QED) is 0.880. The number of hydrogen-bond donors (Lipinski definition) is 2. The van der Waals surface area contributed by atoms with E-state index in [4.69, 9.17) is 5.11 Å². The van der Waals surface area contributed by atoms with Crippen molar-refractivity contribution in [1.29, 1.82) is 0 Å². The van der Waals surface area contributed by atoms with Crippen LogP contribution in [0.25, 0.3) is 0 Å². The first kappa shape index (κ1) is 14.5. The second-order valence-corrected chi connectivity index (χ2v) is 6.04. The third-order valence-corrected chi connectivity index (χ3v) is 3.43. The number of aliphatic carboxylic acids is 1. The molecular weight excluding hydrogens is 256 g/mol. The number of nitrogens with zero attached hydrogens (tertiary/aromatic N) is 1. The van der Waals surface area contributed by atoms with E-state index in [0.717, 1.165) is 18.7 Å². The molecule has 0 fully saturated rings. The number of carboxylic acid groups (broad SMARTS) is 1. The van der Waals surface area contributed by atoms with E-state index in [2.05, 4.69) is 5.32 Å². The van der Waals surface area contributed by atoms with E-state index in [0.29, 0.717) is 5.56 Å². The summed E-state index contributed by atoms with van der Waals surface area (Å²) in [5.41, 5.74) is 2.32. The average molecular weight is 276 g/mol. The van der Waals surface area contributed by atoms with Crippen LogP contribution < -0.4 is 5.32 Å². The van der Waals surface area contributed by atoms with Gasteiger partial charge in [0, 0.05) is 24.2 Å². The van der Waals surface area contributed by atoms with Crippen molar-refractivity contribution in [3.8, 4) is 0 Å². The number of carbonyl (C=O) groups is 2. The molecule has 108 valence electrons. The topological polar surface area (TPSA) is 69.6 Å². The molecule has 0 radical (unpaired) electrons. The SMILES string of the molecule is CC(C)(C)N(CC(=O)O)C(=O)c1ccc2c(c1)CNC2. The van der Waals surface area contributed by atoms with Crippen LogP contribution in [-0.2, 0) is 17.9 Å². The molecule has 0 saturated carbocycles. The summed E-state index contributed by atoms with van der Waals surface area (Å²) in [7, 11) is 0. The summed E-state index contributed by atoms with van der Waals surface area (Å²) in [5, 5.41) is 12.2. The minimum Gasteiger partial charge on any atom is -0.480 e. The summed E-state index contributed by atoms with van der Waals surface area (Å²) >= 11 is 0. The molecule has 1 amide bonds. The average Bonchev–Trinajstić information content (AvgIpc) is 2.80. The molecule has 1 heterocycles. The number of fused-ring (bicyclic) bond motifs is 1. The molecule has 1 aliphatic heterocycles. The predicted octanol–water partition coefficient (Wildman–Crippen LogP) is 1.62. The summed E-state index contributed by atoms with van der Waals surface area (Å²) in [5.74, 6) is -1.24. The smallest absolute Gasteiger partial charge is 0.323 e. The largest absolute Gasteiger partial charge is 0.480 e. The summed E-state index contributed by atoms with van der Waals surface area (Å²) in [4.78, 5) is 24.9. The van der Waals surface area contributed by atoms with E-state index in [1.807, 2.05) is 32.9 Å².